The highest BCUT2D eigenvalue weighted by atomic mass is 16.5. The van der Waals surface area contributed by atoms with Crippen LogP contribution in [0.4, 0.5) is 0 Å². The molecule has 3 rings (SSSR count). The van der Waals surface area contributed by atoms with Gasteiger partial charge in [0, 0.05) is 28.2 Å². The van der Waals surface area contributed by atoms with Gasteiger partial charge in [-0.15, -0.1) is 0 Å². The SMILES string of the molecule is CCc1cccc2c(C(=O)COC(=O)[C@@H](NC(=O)c3ccccc3C)C(C)C)c[nH]c12. The minimum Gasteiger partial charge on any atom is -0.456 e. The van der Waals surface area contributed by atoms with Crippen LogP contribution in [0.15, 0.2) is 48.7 Å². The molecule has 0 saturated carbocycles. The van der Waals surface area contributed by atoms with Gasteiger partial charge in [-0.1, -0.05) is 57.2 Å². The number of carbonyl (C=O) groups is 3. The lowest BCUT2D eigenvalue weighted by Gasteiger charge is -2.21. The summed E-state index contributed by atoms with van der Waals surface area (Å²) in [4.78, 5) is 41.2. The number of aromatic nitrogens is 1. The number of fused-ring (bicyclic) bond motifs is 1. The molecule has 0 fully saturated rings. The van der Waals surface area contributed by atoms with Crippen molar-refractivity contribution in [1.82, 2.24) is 10.3 Å². The fourth-order valence-electron chi connectivity index (χ4n) is 3.59. The predicted molar refractivity (Wildman–Crippen MR) is 120 cm³/mol. The van der Waals surface area contributed by atoms with Crippen molar-refractivity contribution in [2.45, 2.75) is 40.2 Å². The second-order valence-corrected chi connectivity index (χ2v) is 7.94. The third-order valence-corrected chi connectivity index (χ3v) is 5.43. The Morgan fingerprint density at radius 2 is 1.77 bits per heavy atom. The van der Waals surface area contributed by atoms with E-state index in [1.807, 2.05) is 51.1 Å². The van der Waals surface area contributed by atoms with Crippen LogP contribution in [0.2, 0.25) is 0 Å². The van der Waals surface area contributed by atoms with Crippen LogP contribution in [-0.2, 0) is 16.0 Å². The first kappa shape index (κ1) is 22.3. The lowest BCUT2D eigenvalue weighted by atomic mass is 10.0. The highest BCUT2D eigenvalue weighted by molar-refractivity contribution is 6.09. The molecule has 2 aromatic carbocycles. The molecule has 0 radical (unpaired) electrons. The first-order chi connectivity index (χ1) is 14.8. The summed E-state index contributed by atoms with van der Waals surface area (Å²) in [5.41, 5.74) is 3.85. The van der Waals surface area contributed by atoms with E-state index in [1.54, 1.807) is 18.3 Å². The van der Waals surface area contributed by atoms with Gasteiger partial charge >= 0.3 is 5.97 Å². The molecule has 1 heterocycles. The molecular formula is C25H28N2O4. The van der Waals surface area contributed by atoms with E-state index in [4.69, 9.17) is 4.74 Å². The molecule has 6 heteroatoms. The molecule has 1 amide bonds. The van der Waals surface area contributed by atoms with Crippen molar-refractivity contribution in [3.8, 4) is 0 Å². The maximum atomic E-state index is 12.7. The number of benzene rings is 2. The van der Waals surface area contributed by atoms with Crippen LogP contribution in [0.5, 0.6) is 0 Å². The van der Waals surface area contributed by atoms with Crippen LogP contribution in [0.25, 0.3) is 10.9 Å². The summed E-state index contributed by atoms with van der Waals surface area (Å²) in [6, 6.07) is 12.1. The number of aryl methyl sites for hydroxylation is 2. The fraction of sp³-hybridized carbons (Fsp3) is 0.320. The minimum absolute atomic E-state index is 0.198. The number of rotatable bonds is 8. The number of ketones is 1. The van der Waals surface area contributed by atoms with E-state index in [-0.39, 0.29) is 24.2 Å². The Bertz CT molecular complexity index is 1110. The van der Waals surface area contributed by atoms with Crippen molar-refractivity contribution in [3.05, 3.63) is 70.9 Å². The van der Waals surface area contributed by atoms with Gasteiger partial charge in [0.2, 0.25) is 5.78 Å². The molecule has 0 aliphatic heterocycles. The van der Waals surface area contributed by atoms with Crippen molar-refractivity contribution in [2.75, 3.05) is 6.61 Å². The van der Waals surface area contributed by atoms with Crippen LogP contribution in [-0.4, -0.2) is 35.3 Å². The molecule has 0 aliphatic carbocycles. The van der Waals surface area contributed by atoms with Crippen molar-refractivity contribution < 1.29 is 19.1 Å². The average Bonchev–Trinajstić information content (AvgIpc) is 3.20. The normalized spacial score (nSPS) is 12.0. The van der Waals surface area contributed by atoms with Gasteiger partial charge in [-0.25, -0.2) is 4.79 Å². The molecule has 2 N–H and O–H groups in total. The maximum absolute atomic E-state index is 12.7. The predicted octanol–water partition coefficient (Wildman–Crippen LogP) is 4.22. The van der Waals surface area contributed by atoms with Crippen LogP contribution >= 0.6 is 0 Å². The molecule has 162 valence electrons. The van der Waals surface area contributed by atoms with E-state index in [9.17, 15) is 14.4 Å². The number of ether oxygens (including phenoxy) is 1. The first-order valence-electron chi connectivity index (χ1n) is 10.5. The van der Waals surface area contributed by atoms with Crippen LogP contribution < -0.4 is 5.32 Å². The van der Waals surface area contributed by atoms with E-state index in [2.05, 4.69) is 17.2 Å². The summed E-state index contributed by atoms with van der Waals surface area (Å²) in [6.45, 7) is 7.14. The van der Waals surface area contributed by atoms with Gasteiger partial charge in [0.25, 0.3) is 5.91 Å². The lowest BCUT2D eigenvalue weighted by Crippen LogP contribution is -2.45. The summed E-state index contributed by atoms with van der Waals surface area (Å²) >= 11 is 0. The van der Waals surface area contributed by atoms with Gasteiger partial charge < -0.3 is 15.0 Å². The third-order valence-electron chi connectivity index (χ3n) is 5.43. The molecule has 31 heavy (non-hydrogen) atoms. The summed E-state index contributed by atoms with van der Waals surface area (Å²) in [7, 11) is 0. The lowest BCUT2D eigenvalue weighted by molar-refractivity contribution is -0.145. The van der Waals surface area contributed by atoms with Crippen molar-refractivity contribution in [3.63, 3.8) is 0 Å². The van der Waals surface area contributed by atoms with E-state index < -0.39 is 12.0 Å². The van der Waals surface area contributed by atoms with E-state index in [1.165, 1.54) is 0 Å². The number of hydrogen-bond donors (Lipinski definition) is 2. The van der Waals surface area contributed by atoms with E-state index >= 15 is 0 Å². The zero-order chi connectivity index (χ0) is 22.5. The zero-order valence-corrected chi connectivity index (χ0v) is 18.3. The zero-order valence-electron chi connectivity index (χ0n) is 18.3. The van der Waals surface area contributed by atoms with Gasteiger partial charge in [0.1, 0.15) is 6.04 Å². The Morgan fingerprint density at radius 1 is 1.03 bits per heavy atom. The number of H-pyrrole nitrogens is 1. The summed E-state index contributed by atoms with van der Waals surface area (Å²) < 4.78 is 5.31. The van der Waals surface area contributed by atoms with Gasteiger partial charge in [0.05, 0.1) is 0 Å². The Morgan fingerprint density at radius 3 is 2.45 bits per heavy atom. The fourth-order valence-corrected chi connectivity index (χ4v) is 3.59. The van der Waals surface area contributed by atoms with Crippen molar-refractivity contribution in [2.24, 2.45) is 5.92 Å². The first-order valence-corrected chi connectivity index (χ1v) is 10.5. The Kier molecular flexibility index (Phi) is 6.90. The van der Waals surface area contributed by atoms with Gasteiger partial charge in [-0.2, -0.15) is 0 Å². The minimum atomic E-state index is -0.852. The average molecular weight is 421 g/mol. The molecule has 0 saturated heterocycles. The number of amides is 1. The molecule has 0 unspecified atom stereocenters. The Labute approximate surface area is 182 Å². The Balaban J connectivity index is 1.68. The quantitative estimate of drug-likeness (QED) is 0.422. The Hall–Kier alpha value is -3.41. The summed E-state index contributed by atoms with van der Waals surface area (Å²) in [5.74, 6) is -1.46. The smallest absolute Gasteiger partial charge is 0.329 e. The van der Waals surface area contributed by atoms with Crippen molar-refractivity contribution in [1.29, 1.82) is 0 Å². The second-order valence-electron chi connectivity index (χ2n) is 7.94. The molecule has 0 aliphatic rings. The number of carbonyl (C=O) groups excluding carboxylic acids is 3. The van der Waals surface area contributed by atoms with Gasteiger partial charge in [0.15, 0.2) is 6.61 Å². The van der Waals surface area contributed by atoms with Gasteiger partial charge in [-0.05, 0) is 36.5 Å². The molecule has 6 nitrogen and oxygen atoms in total. The monoisotopic (exact) mass is 420 g/mol. The molecule has 0 bridgehead atoms. The third kappa shape index (κ3) is 4.85. The molecular weight excluding hydrogens is 392 g/mol. The highest BCUT2D eigenvalue weighted by Gasteiger charge is 2.27. The van der Waals surface area contributed by atoms with Gasteiger partial charge in [-0.3, -0.25) is 9.59 Å². The number of nitrogens with one attached hydrogen (secondary N) is 2. The highest BCUT2D eigenvalue weighted by Crippen LogP contribution is 2.22. The van der Waals surface area contributed by atoms with Crippen molar-refractivity contribution >= 4 is 28.6 Å². The number of hydrogen-bond acceptors (Lipinski definition) is 4. The number of Topliss-reactive ketones (excluding diaryl/α,β-unsaturated/α-hetero) is 1. The number of aromatic amines is 1. The maximum Gasteiger partial charge on any atom is 0.329 e. The second kappa shape index (κ2) is 9.60. The van der Waals surface area contributed by atoms with E-state index in [0.29, 0.717) is 11.1 Å². The largest absolute Gasteiger partial charge is 0.456 e. The number of esters is 1. The topological polar surface area (TPSA) is 88.3 Å². The molecule has 0 spiro atoms. The molecule has 1 atom stereocenters. The van der Waals surface area contributed by atoms with Crippen LogP contribution in [0, 0.1) is 12.8 Å². The van der Waals surface area contributed by atoms with Crippen LogP contribution in [0.3, 0.4) is 0 Å². The standard InChI is InChI=1S/C25H28N2O4/c1-5-17-10-8-12-19-20(13-26-23(17)19)21(28)14-31-25(30)22(15(2)3)27-24(29)18-11-7-6-9-16(18)4/h6-13,15,22,26H,5,14H2,1-4H3,(H,27,29)/t22-/m0/s1. The molecule has 3 aromatic rings. The number of para-hydroxylation sites is 1. The van der Waals surface area contributed by atoms with E-state index in [0.717, 1.165) is 28.5 Å². The molecule has 1 aromatic heterocycles. The summed E-state index contributed by atoms with van der Waals surface area (Å²) in [5, 5.41) is 3.56. The van der Waals surface area contributed by atoms with Crippen LogP contribution in [0.1, 0.15) is 52.6 Å². The summed E-state index contributed by atoms with van der Waals surface area (Å²) in [6.07, 6.45) is 2.50.